The Morgan fingerprint density at radius 2 is 2.33 bits per heavy atom. The highest BCUT2D eigenvalue weighted by molar-refractivity contribution is 14.1. The largest absolute Gasteiger partial charge is 0.479 e. The molecule has 1 aromatic carbocycles. The van der Waals surface area contributed by atoms with Gasteiger partial charge in [0.05, 0.1) is 3.57 Å². The molecule has 0 saturated heterocycles. The van der Waals surface area contributed by atoms with Gasteiger partial charge in [-0.1, -0.05) is 5.92 Å². The highest BCUT2D eigenvalue weighted by Gasteiger charge is 2.16. The van der Waals surface area contributed by atoms with Crippen LogP contribution in [0.4, 0.5) is 4.39 Å². The van der Waals surface area contributed by atoms with Gasteiger partial charge < -0.3 is 9.84 Å². The third-order valence-corrected chi connectivity index (χ3v) is 2.34. The summed E-state index contributed by atoms with van der Waals surface area (Å²) in [6.07, 6.45) is 4.98. The second-order valence-corrected chi connectivity index (χ2v) is 3.72. The first-order chi connectivity index (χ1) is 7.06. The minimum Gasteiger partial charge on any atom is -0.479 e. The molecule has 0 amide bonds. The standard InChI is InChI=1S/C10H6FIO3/c1-2-3-15-9-7(10(13)14)4-6(11)5-8(9)12/h1,4-5H,3H2,(H,13,14). The van der Waals surface area contributed by atoms with Crippen LogP contribution >= 0.6 is 22.6 Å². The number of carboxylic acids is 1. The van der Waals surface area contributed by atoms with Crippen LogP contribution in [0.2, 0.25) is 0 Å². The van der Waals surface area contributed by atoms with Crippen LogP contribution in [0.1, 0.15) is 10.4 Å². The van der Waals surface area contributed by atoms with E-state index in [9.17, 15) is 9.18 Å². The summed E-state index contributed by atoms with van der Waals surface area (Å²) in [4.78, 5) is 10.8. The molecule has 0 radical (unpaired) electrons. The van der Waals surface area contributed by atoms with Gasteiger partial charge in [0.1, 0.15) is 23.7 Å². The van der Waals surface area contributed by atoms with E-state index in [0.29, 0.717) is 3.57 Å². The lowest BCUT2D eigenvalue weighted by atomic mass is 10.2. The summed E-state index contributed by atoms with van der Waals surface area (Å²) >= 11 is 1.79. The molecule has 0 aliphatic rings. The maximum atomic E-state index is 12.9. The van der Waals surface area contributed by atoms with Crippen molar-refractivity contribution in [3.8, 4) is 18.1 Å². The number of hydrogen-bond acceptors (Lipinski definition) is 2. The van der Waals surface area contributed by atoms with E-state index in [4.69, 9.17) is 16.3 Å². The van der Waals surface area contributed by atoms with E-state index in [1.807, 2.05) is 0 Å². The molecule has 0 atom stereocenters. The van der Waals surface area contributed by atoms with Crippen molar-refractivity contribution >= 4 is 28.6 Å². The summed E-state index contributed by atoms with van der Waals surface area (Å²) in [5, 5.41) is 8.81. The van der Waals surface area contributed by atoms with Crippen molar-refractivity contribution in [3.63, 3.8) is 0 Å². The molecular weight excluding hydrogens is 314 g/mol. The number of halogens is 2. The molecule has 0 bridgehead atoms. The molecule has 15 heavy (non-hydrogen) atoms. The molecule has 0 spiro atoms. The Kier molecular flexibility index (Phi) is 3.91. The minimum absolute atomic E-state index is 0.0537. The Labute approximate surface area is 99.4 Å². The third-order valence-electron chi connectivity index (χ3n) is 1.54. The number of terminal acetylenes is 1. The highest BCUT2D eigenvalue weighted by atomic mass is 127. The van der Waals surface area contributed by atoms with Crippen LogP contribution in [-0.4, -0.2) is 17.7 Å². The number of hydrogen-bond donors (Lipinski definition) is 1. The van der Waals surface area contributed by atoms with Gasteiger partial charge in [-0.05, 0) is 34.7 Å². The second-order valence-electron chi connectivity index (χ2n) is 2.56. The van der Waals surface area contributed by atoms with E-state index in [1.165, 1.54) is 6.07 Å². The molecule has 1 rings (SSSR count). The summed E-state index contributed by atoms with van der Waals surface area (Å²) in [7, 11) is 0. The normalized spacial score (nSPS) is 9.40. The summed E-state index contributed by atoms with van der Waals surface area (Å²) in [6.45, 7) is -0.0537. The molecule has 3 nitrogen and oxygen atoms in total. The minimum atomic E-state index is -1.25. The van der Waals surface area contributed by atoms with Gasteiger partial charge >= 0.3 is 5.97 Å². The Morgan fingerprint density at radius 1 is 1.67 bits per heavy atom. The average Bonchev–Trinajstić information content (AvgIpc) is 2.15. The molecule has 5 heteroatoms. The SMILES string of the molecule is C#CCOc1c(I)cc(F)cc1C(=O)O. The molecule has 0 aliphatic carbocycles. The van der Waals surface area contributed by atoms with Gasteiger partial charge in [-0.2, -0.15) is 0 Å². The summed E-state index contributed by atoms with van der Waals surface area (Å²) in [5.74, 6) is 0.440. The lowest BCUT2D eigenvalue weighted by molar-refractivity contribution is 0.0692. The van der Waals surface area contributed by atoms with Crippen molar-refractivity contribution in [3.05, 3.63) is 27.1 Å². The van der Waals surface area contributed by atoms with Crippen molar-refractivity contribution in [1.29, 1.82) is 0 Å². The number of ether oxygens (including phenoxy) is 1. The average molecular weight is 320 g/mol. The fourth-order valence-electron chi connectivity index (χ4n) is 0.980. The topological polar surface area (TPSA) is 46.5 Å². The van der Waals surface area contributed by atoms with Crippen molar-refractivity contribution in [1.82, 2.24) is 0 Å². The first-order valence-electron chi connectivity index (χ1n) is 3.85. The number of carbonyl (C=O) groups is 1. The molecule has 1 aromatic rings. The predicted molar refractivity (Wildman–Crippen MR) is 60.4 cm³/mol. The smallest absolute Gasteiger partial charge is 0.339 e. The maximum Gasteiger partial charge on any atom is 0.339 e. The van der Waals surface area contributed by atoms with E-state index in [-0.39, 0.29) is 17.9 Å². The number of aromatic carboxylic acids is 1. The van der Waals surface area contributed by atoms with E-state index in [1.54, 1.807) is 22.6 Å². The summed E-state index contributed by atoms with van der Waals surface area (Å²) < 4.78 is 18.3. The van der Waals surface area contributed by atoms with Gasteiger partial charge in [0.2, 0.25) is 0 Å². The van der Waals surface area contributed by atoms with Crippen LogP contribution in [0, 0.1) is 21.7 Å². The fourth-order valence-corrected chi connectivity index (χ4v) is 1.72. The monoisotopic (exact) mass is 320 g/mol. The molecule has 0 fully saturated rings. The molecule has 0 unspecified atom stereocenters. The molecular formula is C10H6FIO3. The zero-order valence-electron chi connectivity index (χ0n) is 7.46. The maximum absolute atomic E-state index is 12.9. The zero-order valence-corrected chi connectivity index (χ0v) is 9.62. The quantitative estimate of drug-likeness (QED) is 0.686. The Balaban J connectivity index is 3.22. The summed E-state index contributed by atoms with van der Waals surface area (Å²) in [5.41, 5.74) is -0.227. The lowest BCUT2D eigenvalue weighted by Gasteiger charge is -2.08. The molecule has 0 aliphatic heterocycles. The highest BCUT2D eigenvalue weighted by Crippen LogP contribution is 2.27. The van der Waals surface area contributed by atoms with Crippen molar-refractivity contribution in [2.24, 2.45) is 0 Å². The van der Waals surface area contributed by atoms with Crippen LogP contribution in [0.3, 0.4) is 0 Å². The predicted octanol–water partition coefficient (Wildman–Crippen LogP) is 2.14. The third kappa shape index (κ3) is 2.83. The Bertz CT molecular complexity index is 437. The van der Waals surface area contributed by atoms with Gasteiger partial charge in [-0.15, -0.1) is 6.42 Å². The zero-order chi connectivity index (χ0) is 11.4. The van der Waals surface area contributed by atoms with E-state index in [0.717, 1.165) is 6.07 Å². The van der Waals surface area contributed by atoms with E-state index >= 15 is 0 Å². The van der Waals surface area contributed by atoms with Crippen LogP contribution < -0.4 is 4.74 Å². The van der Waals surface area contributed by atoms with E-state index < -0.39 is 11.8 Å². The molecule has 1 N–H and O–H groups in total. The van der Waals surface area contributed by atoms with Crippen molar-refractivity contribution in [2.75, 3.05) is 6.61 Å². The number of rotatable bonds is 3. The van der Waals surface area contributed by atoms with Gasteiger partial charge in [0.15, 0.2) is 0 Å². The van der Waals surface area contributed by atoms with Crippen LogP contribution in [-0.2, 0) is 0 Å². The van der Waals surface area contributed by atoms with Gasteiger partial charge in [-0.3, -0.25) is 0 Å². The van der Waals surface area contributed by atoms with Gasteiger partial charge in [-0.25, -0.2) is 9.18 Å². The Hall–Kier alpha value is -1.29. The second kappa shape index (κ2) is 4.98. The van der Waals surface area contributed by atoms with Crippen molar-refractivity contribution < 1.29 is 19.0 Å². The number of benzene rings is 1. The fraction of sp³-hybridized carbons (Fsp3) is 0.100. The molecule has 78 valence electrons. The van der Waals surface area contributed by atoms with E-state index in [2.05, 4.69) is 5.92 Å². The first-order valence-corrected chi connectivity index (χ1v) is 4.92. The first kappa shape index (κ1) is 11.8. The van der Waals surface area contributed by atoms with Crippen LogP contribution in [0.5, 0.6) is 5.75 Å². The van der Waals surface area contributed by atoms with Gasteiger partial charge in [0, 0.05) is 0 Å². The van der Waals surface area contributed by atoms with Crippen molar-refractivity contribution in [2.45, 2.75) is 0 Å². The molecule has 0 heterocycles. The van der Waals surface area contributed by atoms with Gasteiger partial charge in [0.25, 0.3) is 0 Å². The molecule has 0 saturated carbocycles. The van der Waals surface area contributed by atoms with Crippen LogP contribution in [0.15, 0.2) is 12.1 Å². The molecule has 0 aromatic heterocycles. The summed E-state index contributed by atoms with van der Waals surface area (Å²) in [6, 6.07) is 2.08. The van der Waals surface area contributed by atoms with Crippen LogP contribution in [0.25, 0.3) is 0 Å². The lowest BCUT2D eigenvalue weighted by Crippen LogP contribution is -2.06. The number of carboxylic acid groups (broad SMARTS) is 1. The Morgan fingerprint density at radius 3 is 2.87 bits per heavy atom.